The van der Waals surface area contributed by atoms with Crippen molar-refractivity contribution in [3.8, 4) is 17.2 Å². The molecule has 0 spiro atoms. The molecule has 126 valence electrons. The number of carbonyl (C=O) groups excluding carboxylic acids is 1. The number of esters is 1. The Kier molecular flexibility index (Phi) is 3.93. The van der Waals surface area contributed by atoms with Crippen molar-refractivity contribution < 1.29 is 23.7 Å². The number of halogens is 1. The number of methoxy groups -OCH3 is 1. The fourth-order valence-electron chi connectivity index (χ4n) is 2.48. The maximum Gasteiger partial charge on any atom is 0.363 e. The molecule has 2 aliphatic rings. The van der Waals surface area contributed by atoms with Gasteiger partial charge in [-0.25, -0.2) is 9.79 Å². The summed E-state index contributed by atoms with van der Waals surface area (Å²) in [6.07, 6.45) is 1.65. The molecule has 2 aromatic rings. The van der Waals surface area contributed by atoms with Gasteiger partial charge in [-0.15, -0.1) is 0 Å². The molecule has 0 unspecified atom stereocenters. The van der Waals surface area contributed by atoms with Crippen molar-refractivity contribution in [2.24, 2.45) is 4.99 Å². The minimum atomic E-state index is -0.504. The predicted molar refractivity (Wildman–Crippen MR) is 93.9 cm³/mol. The number of aliphatic imine (C=N–C) groups is 1. The zero-order valence-corrected chi connectivity index (χ0v) is 14.7. The lowest BCUT2D eigenvalue weighted by Crippen LogP contribution is -2.06. The summed E-state index contributed by atoms with van der Waals surface area (Å²) in [5.74, 6) is 1.75. The van der Waals surface area contributed by atoms with E-state index >= 15 is 0 Å². The number of benzene rings is 2. The molecule has 0 bridgehead atoms. The summed E-state index contributed by atoms with van der Waals surface area (Å²) in [5, 5.41) is 0. The summed E-state index contributed by atoms with van der Waals surface area (Å²) in [6.45, 7) is 0.200. The summed E-state index contributed by atoms with van der Waals surface area (Å²) in [6, 6.07) is 10.7. The highest BCUT2D eigenvalue weighted by atomic mass is 79.9. The fraction of sp³-hybridized carbons (Fsp3) is 0.111. The lowest BCUT2D eigenvalue weighted by molar-refractivity contribution is -0.129. The van der Waals surface area contributed by atoms with Crippen molar-refractivity contribution in [3.63, 3.8) is 0 Å². The first-order chi connectivity index (χ1) is 12.1. The minimum Gasteiger partial charge on any atom is -0.497 e. The molecule has 0 saturated carbocycles. The number of cyclic esters (lactones) is 1. The van der Waals surface area contributed by atoms with Gasteiger partial charge < -0.3 is 18.9 Å². The zero-order valence-electron chi connectivity index (χ0n) is 13.1. The lowest BCUT2D eigenvalue weighted by Gasteiger charge is -2.05. The first kappa shape index (κ1) is 15.7. The molecule has 2 aromatic carbocycles. The van der Waals surface area contributed by atoms with Gasteiger partial charge >= 0.3 is 5.97 Å². The summed E-state index contributed by atoms with van der Waals surface area (Å²) in [7, 11) is 1.58. The second-order valence-electron chi connectivity index (χ2n) is 5.29. The zero-order chi connectivity index (χ0) is 17.4. The molecule has 2 heterocycles. The van der Waals surface area contributed by atoms with E-state index in [1.54, 1.807) is 43.5 Å². The molecule has 7 heteroatoms. The Labute approximate surface area is 151 Å². The molecule has 25 heavy (non-hydrogen) atoms. The minimum absolute atomic E-state index is 0.200. The Morgan fingerprint density at radius 3 is 2.80 bits per heavy atom. The molecule has 0 N–H and O–H groups in total. The van der Waals surface area contributed by atoms with Crippen LogP contribution in [0.4, 0.5) is 0 Å². The molecule has 6 nitrogen and oxygen atoms in total. The molecule has 0 amide bonds. The number of ether oxygens (including phenoxy) is 4. The number of rotatable bonds is 3. The van der Waals surface area contributed by atoms with Gasteiger partial charge in [0.25, 0.3) is 0 Å². The summed E-state index contributed by atoms with van der Waals surface area (Å²) >= 11 is 3.44. The highest BCUT2D eigenvalue weighted by Gasteiger charge is 2.26. The van der Waals surface area contributed by atoms with E-state index in [1.165, 1.54) is 0 Å². The second-order valence-corrected chi connectivity index (χ2v) is 6.15. The molecule has 0 fully saturated rings. The molecule has 0 atom stereocenters. The van der Waals surface area contributed by atoms with Crippen LogP contribution in [-0.4, -0.2) is 25.8 Å². The van der Waals surface area contributed by atoms with Crippen molar-refractivity contribution >= 4 is 33.9 Å². The van der Waals surface area contributed by atoms with Crippen molar-refractivity contribution in [3.05, 3.63) is 57.7 Å². The molecular weight excluding hydrogens is 390 g/mol. The quantitative estimate of drug-likeness (QED) is 0.581. The average Bonchev–Trinajstić information content (AvgIpc) is 3.21. The summed E-state index contributed by atoms with van der Waals surface area (Å²) in [5.41, 5.74) is 1.66. The molecule has 2 aliphatic heterocycles. The second kappa shape index (κ2) is 6.25. The van der Waals surface area contributed by atoms with Gasteiger partial charge in [-0.05, 0) is 57.9 Å². The van der Waals surface area contributed by atoms with Crippen LogP contribution in [0.25, 0.3) is 6.08 Å². The van der Waals surface area contributed by atoms with Gasteiger partial charge in [-0.1, -0.05) is 6.07 Å². The van der Waals surface area contributed by atoms with Crippen LogP contribution in [-0.2, 0) is 9.53 Å². The number of hydrogen-bond donors (Lipinski definition) is 0. The number of fused-ring (bicyclic) bond motifs is 1. The Morgan fingerprint density at radius 2 is 2.00 bits per heavy atom. The maximum absolute atomic E-state index is 12.1. The van der Waals surface area contributed by atoms with E-state index in [1.807, 2.05) is 6.07 Å². The van der Waals surface area contributed by atoms with Crippen LogP contribution in [0.2, 0.25) is 0 Å². The Hall–Kier alpha value is -2.80. The SMILES string of the molecule is COc1ccc(C2=N/C(=C\c3ccc4c(c3)OCO4)C(=O)O2)c(Br)c1. The van der Waals surface area contributed by atoms with Gasteiger partial charge in [-0.3, -0.25) is 0 Å². The molecular formula is C18H12BrNO5. The van der Waals surface area contributed by atoms with E-state index in [0.29, 0.717) is 22.8 Å². The van der Waals surface area contributed by atoms with E-state index in [4.69, 9.17) is 18.9 Å². The molecule has 4 rings (SSSR count). The fourth-order valence-corrected chi connectivity index (χ4v) is 3.01. The standard InChI is InChI=1S/C18H12BrNO5/c1-22-11-3-4-12(13(19)8-11)17-20-14(18(21)25-17)6-10-2-5-15-16(7-10)24-9-23-15/h2-8H,9H2,1H3/b14-6-. The molecule has 0 radical (unpaired) electrons. The highest BCUT2D eigenvalue weighted by Crippen LogP contribution is 2.34. The van der Waals surface area contributed by atoms with Crippen LogP contribution in [0.3, 0.4) is 0 Å². The van der Waals surface area contributed by atoms with Crippen molar-refractivity contribution in [1.82, 2.24) is 0 Å². The molecule has 0 aromatic heterocycles. The van der Waals surface area contributed by atoms with E-state index < -0.39 is 5.97 Å². The third-order valence-corrected chi connectivity index (χ3v) is 4.38. The Balaban J connectivity index is 1.66. The highest BCUT2D eigenvalue weighted by molar-refractivity contribution is 9.10. The lowest BCUT2D eigenvalue weighted by atomic mass is 10.1. The predicted octanol–water partition coefficient (Wildman–Crippen LogP) is 3.53. The van der Waals surface area contributed by atoms with Crippen LogP contribution >= 0.6 is 15.9 Å². The monoisotopic (exact) mass is 401 g/mol. The van der Waals surface area contributed by atoms with Crippen LogP contribution in [0.1, 0.15) is 11.1 Å². The van der Waals surface area contributed by atoms with E-state index in [-0.39, 0.29) is 18.4 Å². The van der Waals surface area contributed by atoms with Crippen molar-refractivity contribution in [2.45, 2.75) is 0 Å². The van der Waals surface area contributed by atoms with Crippen LogP contribution in [0, 0.1) is 0 Å². The van der Waals surface area contributed by atoms with E-state index in [2.05, 4.69) is 20.9 Å². The van der Waals surface area contributed by atoms with Crippen LogP contribution in [0.5, 0.6) is 17.2 Å². The molecule has 0 saturated heterocycles. The maximum atomic E-state index is 12.1. The topological polar surface area (TPSA) is 66.3 Å². The average molecular weight is 402 g/mol. The number of nitrogens with zero attached hydrogens (tertiary/aromatic N) is 1. The van der Waals surface area contributed by atoms with Gasteiger partial charge in [-0.2, -0.15) is 0 Å². The van der Waals surface area contributed by atoms with E-state index in [9.17, 15) is 4.79 Å². The number of carbonyl (C=O) groups is 1. The third-order valence-electron chi connectivity index (χ3n) is 3.73. The summed E-state index contributed by atoms with van der Waals surface area (Å²) in [4.78, 5) is 16.4. The molecule has 0 aliphatic carbocycles. The third kappa shape index (κ3) is 2.98. The first-order valence-electron chi connectivity index (χ1n) is 7.40. The van der Waals surface area contributed by atoms with Gasteiger partial charge in [0.2, 0.25) is 12.7 Å². The Morgan fingerprint density at radius 1 is 1.16 bits per heavy atom. The van der Waals surface area contributed by atoms with Crippen molar-refractivity contribution in [2.75, 3.05) is 13.9 Å². The smallest absolute Gasteiger partial charge is 0.363 e. The van der Waals surface area contributed by atoms with Crippen LogP contribution in [0.15, 0.2) is 51.6 Å². The Bertz CT molecular complexity index is 935. The van der Waals surface area contributed by atoms with Crippen molar-refractivity contribution in [1.29, 1.82) is 0 Å². The first-order valence-corrected chi connectivity index (χ1v) is 8.19. The van der Waals surface area contributed by atoms with Gasteiger partial charge in [0.05, 0.1) is 12.7 Å². The largest absolute Gasteiger partial charge is 0.497 e. The summed E-state index contributed by atoms with van der Waals surface area (Å²) < 4.78 is 21.8. The van der Waals surface area contributed by atoms with Gasteiger partial charge in [0, 0.05) is 4.47 Å². The normalized spacial score (nSPS) is 16.8. The van der Waals surface area contributed by atoms with Gasteiger partial charge in [0.1, 0.15) is 5.75 Å². The van der Waals surface area contributed by atoms with Crippen LogP contribution < -0.4 is 14.2 Å². The van der Waals surface area contributed by atoms with E-state index in [0.717, 1.165) is 10.0 Å². The van der Waals surface area contributed by atoms with Gasteiger partial charge in [0.15, 0.2) is 17.2 Å². The number of hydrogen-bond acceptors (Lipinski definition) is 6.